The van der Waals surface area contributed by atoms with E-state index in [1.165, 1.54) is 6.07 Å². The highest BCUT2D eigenvalue weighted by Crippen LogP contribution is 2.14. The average Bonchev–Trinajstić information content (AvgIpc) is 2.58. The van der Waals surface area contributed by atoms with Crippen LogP contribution in [-0.2, 0) is 13.0 Å². The number of rotatable bonds is 10. The van der Waals surface area contributed by atoms with Crippen LogP contribution in [0.2, 0.25) is 0 Å². The van der Waals surface area contributed by atoms with Crippen molar-refractivity contribution in [3.63, 3.8) is 0 Å². The van der Waals surface area contributed by atoms with Gasteiger partial charge >= 0.3 is 0 Å². The molecule has 0 bridgehead atoms. The molecule has 0 aliphatic heterocycles. The predicted octanol–water partition coefficient (Wildman–Crippen LogP) is 1.52. The van der Waals surface area contributed by atoms with E-state index < -0.39 is 23.0 Å². The number of aliphatic hydroxyl groups is 1. The number of aliphatic hydroxyl groups excluding tert-OH is 1. The third kappa shape index (κ3) is 6.40. The molecule has 8 heteroatoms. The number of allylic oxidation sites excluding steroid dienone is 2. The number of aromatic amines is 1. The highest BCUT2D eigenvalue weighted by molar-refractivity contribution is 6.22. The Kier molecular flexibility index (Phi) is 8.71. The number of carbonyl (C=O) groups is 1. The molecule has 1 aromatic rings. The Morgan fingerprint density at radius 2 is 2.23 bits per heavy atom. The number of amides is 1. The zero-order valence-corrected chi connectivity index (χ0v) is 15.7. The van der Waals surface area contributed by atoms with E-state index in [9.17, 15) is 19.1 Å². The minimum atomic E-state index is -1.32. The lowest BCUT2D eigenvalue weighted by Gasteiger charge is -2.19. The molecule has 0 spiro atoms. The monoisotopic (exact) mass is 385 g/mol. The summed E-state index contributed by atoms with van der Waals surface area (Å²) in [6, 6.07) is 1.25. The SMILES string of the molecule is C=CC(F)C(Cl)/C=C(\C)CN(C)CCc1c(CO)cc(=O)[nH]c1C(N)=O. The Balaban J connectivity index is 2.83. The summed E-state index contributed by atoms with van der Waals surface area (Å²) >= 11 is 5.94. The fourth-order valence-corrected chi connectivity index (χ4v) is 2.95. The Bertz CT molecular complexity index is 733. The molecule has 1 rings (SSSR count). The number of nitrogens with two attached hydrogens (primary N) is 1. The first kappa shape index (κ1) is 22.1. The molecule has 0 saturated heterocycles. The van der Waals surface area contributed by atoms with Gasteiger partial charge in [-0.25, -0.2) is 4.39 Å². The number of pyridine rings is 1. The van der Waals surface area contributed by atoms with Gasteiger partial charge in [-0.2, -0.15) is 0 Å². The molecule has 0 aliphatic carbocycles. The van der Waals surface area contributed by atoms with Gasteiger partial charge in [0.1, 0.15) is 11.9 Å². The second-order valence-electron chi connectivity index (χ2n) is 6.16. The van der Waals surface area contributed by atoms with Crippen molar-refractivity contribution in [2.75, 3.05) is 20.1 Å². The van der Waals surface area contributed by atoms with Gasteiger partial charge < -0.3 is 20.7 Å². The number of likely N-dealkylation sites (N-methyl/N-ethyl adjacent to an activating group) is 1. The Morgan fingerprint density at radius 3 is 2.77 bits per heavy atom. The van der Waals surface area contributed by atoms with Crippen LogP contribution in [0.15, 0.2) is 35.2 Å². The van der Waals surface area contributed by atoms with Gasteiger partial charge in [-0.05, 0) is 31.5 Å². The fourth-order valence-electron chi connectivity index (χ4n) is 2.63. The lowest BCUT2D eigenvalue weighted by atomic mass is 10.0. The predicted molar refractivity (Wildman–Crippen MR) is 101 cm³/mol. The van der Waals surface area contributed by atoms with E-state index in [0.29, 0.717) is 30.6 Å². The van der Waals surface area contributed by atoms with Crippen molar-refractivity contribution in [1.29, 1.82) is 0 Å². The van der Waals surface area contributed by atoms with Crippen molar-refractivity contribution in [2.45, 2.75) is 31.5 Å². The molecule has 2 atom stereocenters. The van der Waals surface area contributed by atoms with E-state index >= 15 is 0 Å². The highest BCUT2D eigenvalue weighted by atomic mass is 35.5. The van der Waals surface area contributed by atoms with Crippen molar-refractivity contribution >= 4 is 17.5 Å². The van der Waals surface area contributed by atoms with Gasteiger partial charge in [-0.15, -0.1) is 18.2 Å². The Hall–Kier alpha value is -1.96. The molecule has 0 radical (unpaired) electrons. The smallest absolute Gasteiger partial charge is 0.265 e. The number of nitrogens with zero attached hydrogens (tertiary/aromatic N) is 1. The third-order valence-electron chi connectivity index (χ3n) is 3.90. The van der Waals surface area contributed by atoms with Crippen LogP contribution in [0.5, 0.6) is 0 Å². The fraction of sp³-hybridized carbons (Fsp3) is 0.444. The number of alkyl halides is 2. The van der Waals surface area contributed by atoms with Crippen LogP contribution in [0.3, 0.4) is 0 Å². The summed E-state index contributed by atoms with van der Waals surface area (Å²) in [7, 11) is 1.86. The van der Waals surface area contributed by atoms with Crippen LogP contribution in [0.4, 0.5) is 4.39 Å². The maximum Gasteiger partial charge on any atom is 0.265 e. The molecule has 0 fully saturated rings. The summed E-state index contributed by atoms with van der Waals surface area (Å²) in [4.78, 5) is 27.5. The van der Waals surface area contributed by atoms with Crippen molar-refractivity contribution in [1.82, 2.24) is 9.88 Å². The van der Waals surface area contributed by atoms with Crippen LogP contribution in [0.1, 0.15) is 28.5 Å². The van der Waals surface area contributed by atoms with Crippen LogP contribution >= 0.6 is 11.6 Å². The minimum absolute atomic E-state index is 0.00860. The lowest BCUT2D eigenvalue weighted by molar-refractivity contribution is 0.0994. The lowest BCUT2D eigenvalue weighted by Crippen LogP contribution is -2.27. The number of halogens is 2. The van der Waals surface area contributed by atoms with Crippen LogP contribution in [0.25, 0.3) is 0 Å². The van der Waals surface area contributed by atoms with Gasteiger partial charge in [0, 0.05) is 19.2 Å². The molecule has 144 valence electrons. The number of H-pyrrole nitrogens is 1. The quantitative estimate of drug-likeness (QED) is 0.420. The largest absolute Gasteiger partial charge is 0.392 e. The third-order valence-corrected chi connectivity index (χ3v) is 4.26. The molecule has 0 aromatic carbocycles. The second kappa shape index (κ2) is 10.3. The van der Waals surface area contributed by atoms with Gasteiger partial charge in [0.15, 0.2) is 0 Å². The van der Waals surface area contributed by atoms with Crippen LogP contribution in [0, 0.1) is 0 Å². The van der Waals surface area contributed by atoms with Gasteiger partial charge in [0.05, 0.1) is 12.0 Å². The topological polar surface area (TPSA) is 99.4 Å². The van der Waals surface area contributed by atoms with Crippen molar-refractivity contribution < 1.29 is 14.3 Å². The molecule has 1 amide bonds. The number of hydrogen-bond donors (Lipinski definition) is 3. The summed E-state index contributed by atoms with van der Waals surface area (Å²) < 4.78 is 13.4. The zero-order chi connectivity index (χ0) is 19.9. The second-order valence-corrected chi connectivity index (χ2v) is 6.66. The summed E-state index contributed by atoms with van der Waals surface area (Å²) in [5.41, 5.74) is 6.61. The molecule has 2 unspecified atom stereocenters. The molecule has 1 heterocycles. The first-order chi connectivity index (χ1) is 12.2. The number of hydrogen-bond acceptors (Lipinski definition) is 4. The van der Waals surface area contributed by atoms with Crippen molar-refractivity contribution in [3.8, 4) is 0 Å². The van der Waals surface area contributed by atoms with Gasteiger partial charge in [0.25, 0.3) is 5.91 Å². The highest BCUT2D eigenvalue weighted by Gasteiger charge is 2.16. The first-order valence-electron chi connectivity index (χ1n) is 8.11. The standard InChI is InChI=1S/C18H25ClFN3O3/c1-4-15(20)14(19)7-11(2)9-23(3)6-5-13-12(10-24)8-16(25)22-17(13)18(21)26/h4,7-8,14-15,24H,1,5-6,9-10H2,2-3H3,(H2,21,26)(H,22,25)/b11-7+. The molecule has 0 aliphatic rings. The maximum atomic E-state index is 13.4. The van der Waals surface area contributed by atoms with E-state index in [1.54, 1.807) is 6.08 Å². The Morgan fingerprint density at radius 1 is 1.58 bits per heavy atom. The van der Waals surface area contributed by atoms with Crippen molar-refractivity contribution in [2.24, 2.45) is 5.73 Å². The van der Waals surface area contributed by atoms with Crippen LogP contribution in [-0.4, -0.2) is 52.6 Å². The Labute approximate surface area is 157 Å². The number of carbonyl (C=O) groups excluding carboxylic acids is 1. The molecule has 0 saturated carbocycles. The molecule has 1 aromatic heterocycles. The summed E-state index contributed by atoms with van der Waals surface area (Å²) in [5.74, 6) is -0.755. The summed E-state index contributed by atoms with van der Waals surface area (Å²) in [6.07, 6.45) is 1.88. The molecular weight excluding hydrogens is 361 g/mol. The van der Waals surface area contributed by atoms with E-state index in [0.717, 1.165) is 11.6 Å². The molecule has 26 heavy (non-hydrogen) atoms. The number of primary amides is 1. The molecular formula is C18H25ClFN3O3. The summed E-state index contributed by atoms with van der Waals surface area (Å²) in [5, 5.41) is 8.67. The van der Waals surface area contributed by atoms with Gasteiger partial charge in [0.2, 0.25) is 5.56 Å². The van der Waals surface area contributed by atoms with E-state index in [-0.39, 0.29) is 12.3 Å². The van der Waals surface area contributed by atoms with Gasteiger partial charge in [-0.3, -0.25) is 9.59 Å². The van der Waals surface area contributed by atoms with E-state index in [2.05, 4.69) is 11.6 Å². The van der Waals surface area contributed by atoms with E-state index in [1.807, 2.05) is 18.9 Å². The van der Waals surface area contributed by atoms with Crippen LogP contribution < -0.4 is 11.3 Å². The van der Waals surface area contributed by atoms with E-state index in [4.69, 9.17) is 17.3 Å². The number of nitrogens with one attached hydrogen (secondary N) is 1. The first-order valence-corrected chi connectivity index (χ1v) is 8.55. The zero-order valence-electron chi connectivity index (χ0n) is 15.0. The molecule has 6 nitrogen and oxygen atoms in total. The summed E-state index contributed by atoms with van der Waals surface area (Å²) in [6.45, 7) is 5.92. The molecule has 4 N–H and O–H groups in total. The van der Waals surface area contributed by atoms with Gasteiger partial charge in [-0.1, -0.05) is 17.7 Å². The average molecular weight is 386 g/mol. The normalized spacial score (nSPS) is 14.3. The van der Waals surface area contributed by atoms with Crippen molar-refractivity contribution in [3.05, 3.63) is 57.5 Å². The number of aromatic nitrogens is 1. The maximum absolute atomic E-state index is 13.4. The minimum Gasteiger partial charge on any atom is -0.392 e.